The monoisotopic (exact) mass is 663 g/mol. The summed E-state index contributed by atoms with van der Waals surface area (Å²) < 4.78 is 103. The summed E-state index contributed by atoms with van der Waals surface area (Å²) in [5.41, 5.74) is 0.271. The zero-order valence-electron chi connectivity index (χ0n) is 25.1. The quantitative estimate of drug-likeness (QED) is 0.124. The number of likely N-dealkylation sites (tertiary alicyclic amines) is 1. The van der Waals surface area contributed by atoms with Gasteiger partial charge in [-0.15, -0.1) is 13.2 Å². The average Bonchev–Trinajstić information content (AvgIpc) is 3.00. The number of halogens is 4. The number of aromatic nitrogens is 1. The van der Waals surface area contributed by atoms with E-state index in [1.54, 1.807) is 12.1 Å². The van der Waals surface area contributed by atoms with Crippen LogP contribution in [0, 0.1) is 11.7 Å². The number of rotatable bonds is 12. The molecule has 0 bridgehead atoms. The number of anilines is 1. The van der Waals surface area contributed by atoms with Crippen molar-refractivity contribution in [3.8, 4) is 28.7 Å². The van der Waals surface area contributed by atoms with Gasteiger partial charge in [0.15, 0.2) is 23.1 Å². The second-order valence-corrected chi connectivity index (χ2v) is 12.6. The summed E-state index contributed by atoms with van der Waals surface area (Å²) in [7, 11) is -3.07. The van der Waals surface area contributed by atoms with Crippen LogP contribution >= 0.6 is 0 Å². The van der Waals surface area contributed by atoms with Crippen LogP contribution in [0.3, 0.4) is 0 Å². The molecule has 1 fully saturated rings. The summed E-state index contributed by atoms with van der Waals surface area (Å²) in [4.78, 5) is 6.06. The first-order valence-corrected chi connectivity index (χ1v) is 16.1. The third kappa shape index (κ3) is 8.29. The van der Waals surface area contributed by atoms with E-state index < -0.39 is 32.8 Å². The van der Waals surface area contributed by atoms with E-state index in [2.05, 4.69) is 26.3 Å². The maximum atomic E-state index is 15.2. The molecule has 14 heteroatoms. The van der Waals surface area contributed by atoms with Gasteiger partial charge >= 0.3 is 6.36 Å². The lowest BCUT2D eigenvalue weighted by atomic mass is 9.99. The topological polar surface area (TPSA) is 99.2 Å². The Morgan fingerprint density at radius 3 is 2.43 bits per heavy atom. The van der Waals surface area contributed by atoms with Crippen molar-refractivity contribution in [1.82, 2.24) is 9.88 Å². The summed E-state index contributed by atoms with van der Waals surface area (Å²) in [6, 6.07) is 12.4. The highest BCUT2D eigenvalue weighted by molar-refractivity contribution is 7.92. The predicted molar refractivity (Wildman–Crippen MR) is 164 cm³/mol. The summed E-state index contributed by atoms with van der Waals surface area (Å²) in [6.07, 6.45) is -0.349. The standard InChI is InChI=1S/C32H33F4N3O6S/c1-21-11-15-39(16-12-21)14-5-17-43-30-20-25-23(19-29(30)42-2)26(10-13-37-25)44-27-9-8-22(18-24(27)33)38-46(40,41)31-7-4-3-6-28(31)45-32(34,35)36/h3-4,6-10,13,18-21,38H,5,11-12,14-17H2,1-2H3. The second-order valence-electron chi connectivity index (χ2n) is 10.9. The highest BCUT2D eigenvalue weighted by Gasteiger charge is 2.34. The molecule has 46 heavy (non-hydrogen) atoms. The molecule has 0 aliphatic carbocycles. The first kappa shape index (κ1) is 33.1. The first-order valence-electron chi connectivity index (χ1n) is 14.6. The fourth-order valence-corrected chi connectivity index (χ4v) is 6.28. The molecule has 1 saturated heterocycles. The molecule has 0 saturated carbocycles. The van der Waals surface area contributed by atoms with Crippen LogP contribution in [-0.2, 0) is 10.0 Å². The van der Waals surface area contributed by atoms with Crippen molar-refractivity contribution in [2.45, 2.75) is 37.4 Å². The number of sulfonamides is 1. The number of benzene rings is 3. The second kappa shape index (κ2) is 14.0. The normalized spacial score (nSPS) is 14.7. The Morgan fingerprint density at radius 2 is 1.72 bits per heavy atom. The van der Waals surface area contributed by atoms with Crippen molar-refractivity contribution in [3.05, 3.63) is 72.7 Å². The van der Waals surface area contributed by atoms with Crippen LogP contribution in [0.15, 0.2) is 71.8 Å². The minimum Gasteiger partial charge on any atom is -0.493 e. The fraction of sp³-hybridized carbons (Fsp3) is 0.344. The number of hydrogen-bond donors (Lipinski definition) is 1. The van der Waals surface area contributed by atoms with Gasteiger partial charge in [0, 0.05) is 30.3 Å². The van der Waals surface area contributed by atoms with E-state index in [9.17, 15) is 21.6 Å². The highest BCUT2D eigenvalue weighted by atomic mass is 32.2. The Morgan fingerprint density at radius 1 is 0.957 bits per heavy atom. The molecule has 4 aromatic rings. The van der Waals surface area contributed by atoms with Crippen LogP contribution in [0.5, 0.6) is 28.7 Å². The molecule has 3 aromatic carbocycles. The van der Waals surface area contributed by atoms with E-state index >= 15 is 4.39 Å². The molecule has 0 unspecified atom stereocenters. The third-order valence-electron chi connectivity index (χ3n) is 7.51. The molecule has 1 aromatic heterocycles. The number of hydrogen-bond acceptors (Lipinski definition) is 8. The molecular weight excluding hydrogens is 630 g/mol. The van der Waals surface area contributed by atoms with E-state index in [0.29, 0.717) is 29.0 Å². The fourth-order valence-electron chi connectivity index (χ4n) is 5.10. The van der Waals surface area contributed by atoms with Crippen molar-refractivity contribution in [2.24, 2.45) is 5.92 Å². The number of nitrogens with zero attached hydrogens (tertiary/aromatic N) is 2. The summed E-state index contributed by atoms with van der Waals surface area (Å²) in [5, 5.41) is 0.514. The van der Waals surface area contributed by atoms with E-state index in [1.165, 1.54) is 56.5 Å². The number of pyridine rings is 1. The van der Waals surface area contributed by atoms with Gasteiger partial charge in [-0.1, -0.05) is 19.1 Å². The SMILES string of the molecule is COc1cc2c(Oc3ccc(NS(=O)(=O)c4ccccc4OC(F)(F)F)cc3F)ccnc2cc1OCCCN1CCC(C)CC1. The van der Waals surface area contributed by atoms with Crippen molar-refractivity contribution in [1.29, 1.82) is 0 Å². The van der Waals surface area contributed by atoms with Crippen LogP contribution in [0.2, 0.25) is 0 Å². The lowest BCUT2D eigenvalue weighted by Crippen LogP contribution is -2.34. The largest absolute Gasteiger partial charge is 0.573 e. The summed E-state index contributed by atoms with van der Waals surface area (Å²) in [5.74, 6) is -0.116. The van der Waals surface area contributed by atoms with Crippen molar-refractivity contribution in [3.63, 3.8) is 0 Å². The third-order valence-corrected chi connectivity index (χ3v) is 8.93. The lowest BCUT2D eigenvalue weighted by Gasteiger charge is -2.30. The molecule has 0 amide bonds. The number of nitrogens with one attached hydrogen (secondary N) is 1. The molecule has 0 atom stereocenters. The van der Waals surface area contributed by atoms with Gasteiger partial charge in [-0.3, -0.25) is 9.71 Å². The van der Waals surface area contributed by atoms with E-state index in [0.717, 1.165) is 50.2 Å². The summed E-state index contributed by atoms with van der Waals surface area (Å²) >= 11 is 0. The smallest absolute Gasteiger partial charge is 0.493 e. The van der Waals surface area contributed by atoms with Crippen molar-refractivity contribution in [2.75, 3.05) is 38.1 Å². The zero-order chi connectivity index (χ0) is 32.9. The number of methoxy groups -OCH3 is 1. The molecule has 1 aliphatic heterocycles. The summed E-state index contributed by atoms with van der Waals surface area (Å²) in [6.45, 7) is 5.92. The minimum atomic E-state index is -5.11. The van der Waals surface area contributed by atoms with Crippen LogP contribution in [0.4, 0.5) is 23.2 Å². The van der Waals surface area contributed by atoms with E-state index in [1.807, 2.05) is 0 Å². The van der Waals surface area contributed by atoms with Gasteiger partial charge in [-0.05, 0) is 74.7 Å². The Hall–Kier alpha value is -4.30. The van der Waals surface area contributed by atoms with Crippen molar-refractivity contribution < 1.29 is 44.9 Å². The number of ether oxygens (including phenoxy) is 4. The van der Waals surface area contributed by atoms with Gasteiger partial charge < -0.3 is 23.8 Å². The zero-order valence-corrected chi connectivity index (χ0v) is 26.0. The lowest BCUT2D eigenvalue weighted by molar-refractivity contribution is -0.275. The van der Waals surface area contributed by atoms with Gasteiger partial charge in [0.05, 0.1) is 24.9 Å². The number of para-hydroxylation sites is 1. The van der Waals surface area contributed by atoms with E-state index in [4.69, 9.17) is 14.2 Å². The van der Waals surface area contributed by atoms with Gasteiger partial charge in [0.2, 0.25) is 0 Å². The van der Waals surface area contributed by atoms with Gasteiger partial charge in [0.25, 0.3) is 10.0 Å². The highest BCUT2D eigenvalue weighted by Crippen LogP contribution is 2.38. The molecule has 9 nitrogen and oxygen atoms in total. The molecule has 0 radical (unpaired) electrons. The van der Waals surface area contributed by atoms with Crippen molar-refractivity contribution >= 4 is 26.6 Å². The average molecular weight is 664 g/mol. The predicted octanol–water partition coefficient (Wildman–Crippen LogP) is 7.38. The Labute approximate surface area is 264 Å². The van der Waals surface area contributed by atoms with Gasteiger partial charge in [-0.25, -0.2) is 12.8 Å². The van der Waals surface area contributed by atoms with Crippen LogP contribution in [-0.4, -0.2) is 58.0 Å². The van der Waals surface area contributed by atoms with Crippen LogP contribution in [0.1, 0.15) is 26.2 Å². The van der Waals surface area contributed by atoms with E-state index in [-0.39, 0.29) is 17.2 Å². The molecule has 1 N–H and O–H groups in total. The maximum Gasteiger partial charge on any atom is 0.573 e. The molecule has 2 heterocycles. The molecule has 246 valence electrons. The molecule has 1 aliphatic rings. The minimum absolute atomic E-state index is 0.234. The number of piperidine rings is 1. The van der Waals surface area contributed by atoms with Crippen LogP contribution < -0.4 is 23.7 Å². The Kier molecular flexibility index (Phi) is 10.1. The first-order chi connectivity index (χ1) is 21.9. The van der Waals surface area contributed by atoms with Crippen LogP contribution in [0.25, 0.3) is 10.9 Å². The number of fused-ring (bicyclic) bond motifs is 1. The maximum absolute atomic E-state index is 15.2. The molecular formula is C32H33F4N3O6S. The van der Waals surface area contributed by atoms with Gasteiger partial charge in [0.1, 0.15) is 16.4 Å². The molecule has 5 rings (SSSR count). The Bertz CT molecular complexity index is 1780. The number of alkyl halides is 3. The van der Waals surface area contributed by atoms with Gasteiger partial charge in [-0.2, -0.15) is 0 Å². The molecule has 0 spiro atoms. The Balaban J connectivity index is 1.28.